The zero-order valence-corrected chi connectivity index (χ0v) is 16.7. The molecule has 1 aliphatic heterocycles. The second-order valence-electron chi connectivity index (χ2n) is 6.34. The van der Waals surface area contributed by atoms with E-state index in [2.05, 4.69) is 64.9 Å². The van der Waals surface area contributed by atoms with E-state index in [0.717, 1.165) is 34.4 Å². The lowest BCUT2D eigenvalue weighted by atomic mass is 10.0. The summed E-state index contributed by atoms with van der Waals surface area (Å²) < 4.78 is 2.74. The molecule has 0 bridgehead atoms. The first-order valence-electron chi connectivity index (χ1n) is 8.32. The average molecular weight is 389 g/mol. The Balaban J connectivity index is 1.49. The first-order valence-corrected chi connectivity index (χ1v) is 10.4. The number of hydrogen-bond acceptors (Lipinski definition) is 6. The zero-order chi connectivity index (χ0) is 17.4. The van der Waals surface area contributed by atoms with Crippen molar-refractivity contribution in [3.05, 3.63) is 55.7 Å². The van der Waals surface area contributed by atoms with Crippen molar-refractivity contribution < 1.29 is 0 Å². The molecule has 3 aromatic rings. The van der Waals surface area contributed by atoms with Gasteiger partial charge in [0.25, 0.3) is 0 Å². The Bertz CT molecular complexity index is 922. The topological polar surface area (TPSA) is 33.1 Å². The molecule has 1 aliphatic rings. The van der Waals surface area contributed by atoms with Gasteiger partial charge in [-0.3, -0.25) is 4.90 Å². The number of rotatable bonds is 4. The van der Waals surface area contributed by atoms with E-state index in [-0.39, 0.29) is 0 Å². The Morgan fingerprint density at radius 1 is 1.28 bits per heavy atom. The standard InChI is InChI=1S/C18H20N4S3/c1-12-3-5-14(6-4-12)19-17-20-22(18(23)25-17)11-21-9-7-16-15(13(21)2)8-10-24-16/h3-6,8,10,13H,7,9,11H2,1-2H3,(H,19,20)/t13-/m0/s1. The second kappa shape index (κ2) is 6.99. The van der Waals surface area contributed by atoms with E-state index in [0.29, 0.717) is 6.04 Å². The molecule has 0 spiro atoms. The molecule has 2 aromatic heterocycles. The number of nitrogens with zero attached hydrogens (tertiary/aromatic N) is 3. The first-order chi connectivity index (χ1) is 12.1. The first kappa shape index (κ1) is 16.9. The molecule has 0 amide bonds. The SMILES string of the molecule is Cc1ccc(Nc2nn(CN3CCc4sccc4[C@@H]3C)c(=S)s2)cc1. The summed E-state index contributed by atoms with van der Waals surface area (Å²) in [6.07, 6.45) is 1.11. The summed E-state index contributed by atoms with van der Waals surface area (Å²) in [5, 5.41) is 11.1. The minimum atomic E-state index is 0.409. The van der Waals surface area contributed by atoms with Crippen LogP contribution in [0.4, 0.5) is 10.8 Å². The Hall–Kier alpha value is -1.54. The van der Waals surface area contributed by atoms with E-state index in [9.17, 15) is 0 Å². The summed E-state index contributed by atoms with van der Waals surface area (Å²) in [7, 11) is 0. The molecule has 130 valence electrons. The third-order valence-corrected chi connectivity index (χ3v) is 6.85. The maximum Gasteiger partial charge on any atom is 0.209 e. The maximum absolute atomic E-state index is 5.53. The highest BCUT2D eigenvalue weighted by Crippen LogP contribution is 2.33. The summed E-state index contributed by atoms with van der Waals surface area (Å²) in [6, 6.07) is 11.0. The van der Waals surface area contributed by atoms with E-state index in [1.54, 1.807) is 0 Å². The number of anilines is 2. The highest BCUT2D eigenvalue weighted by Gasteiger charge is 2.25. The number of hydrogen-bond donors (Lipinski definition) is 1. The molecule has 0 aliphatic carbocycles. The van der Waals surface area contributed by atoms with Crippen LogP contribution in [0.25, 0.3) is 0 Å². The van der Waals surface area contributed by atoms with Gasteiger partial charge in [-0.25, -0.2) is 4.68 Å². The molecule has 0 saturated heterocycles. The number of nitrogens with one attached hydrogen (secondary N) is 1. The van der Waals surface area contributed by atoms with Crippen LogP contribution in [0.15, 0.2) is 35.7 Å². The van der Waals surface area contributed by atoms with Gasteiger partial charge in [0.1, 0.15) is 0 Å². The van der Waals surface area contributed by atoms with Gasteiger partial charge in [0.05, 0.1) is 6.67 Å². The Labute approximate surface area is 160 Å². The van der Waals surface area contributed by atoms with Crippen LogP contribution in [0.5, 0.6) is 0 Å². The van der Waals surface area contributed by atoms with Gasteiger partial charge in [-0.1, -0.05) is 29.0 Å². The molecular formula is C18H20N4S3. The quantitative estimate of drug-likeness (QED) is 0.610. The summed E-state index contributed by atoms with van der Waals surface area (Å²) in [6.45, 7) is 6.14. The van der Waals surface area contributed by atoms with Crippen molar-refractivity contribution in [3.63, 3.8) is 0 Å². The average Bonchev–Trinajstić information content (AvgIpc) is 3.20. The molecular weight excluding hydrogens is 368 g/mol. The van der Waals surface area contributed by atoms with Gasteiger partial charge in [-0.2, -0.15) is 0 Å². The van der Waals surface area contributed by atoms with Crippen LogP contribution >= 0.6 is 34.9 Å². The molecule has 7 heteroatoms. The maximum atomic E-state index is 5.53. The van der Waals surface area contributed by atoms with Gasteiger partial charge in [0.2, 0.25) is 5.13 Å². The van der Waals surface area contributed by atoms with Gasteiger partial charge < -0.3 is 5.32 Å². The van der Waals surface area contributed by atoms with Crippen molar-refractivity contribution in [2.24, 2.45) is 0 Å². The third-order valence-electron chi connectivity index (χ3n) is 4.63. The summed E-state index contributed by atoms with van der Waals surface area (Å²) >= 11 is 8.92. The van der Waals surface area contributed by atoms with Crippen LogP contribution in [0.2, 0.25) is 0 Å². The zero-order valence-electron chi connectivity index (χ0n) is 14.2. The van der Waals surface area contributed by atoms with Crippen LogP contribution in [-0.2, 0) is 13.1 Å². The Morgan fingerprint density at radius 3 is 2.88 bits per heavy atom. The number of thiophene rings is 1. The Morgan fingerprint density at radius 2 is 2.08 bits per heavy atom. The number of benzene rings is 1. The fourth-order valence-electron chi connectivity index (χ4n) is 3.13. The number of fused-ring (bicyclic) bond motifs is 1. The Kier molecular flexibility index (Phi) is 4.73. The molecule has 4 rings (SSSR count). The molecule has 0 radical (unpaired) electrons. The lowest BCUT2D eigenvalue weighted by Crippen LogP contribution is -2.35. The lowest BCUT2D eigenvalue weighted by molar-refractivity contribution is 0.145. The van der Waals surface area contributed by atoms with Crippen LogP contribution < -0.4 is 5.32 Å². The summed E-state index contributed by atoms with van der Waals surface area (Å²) in [4.78, 5) is 3.97. The number of aromatic nitrogens is 2. The lowest BCUT2D eigenvalue weighted by Gasteiger charge is -2.33. The van der Waals surface area contributed by atoms with Gasteiger partial charge in [0.15, 0.2) is 3.95 Å². The smallest absolute Gasteiger partial charge is 0.209 e. The fraction of sp³-hybridized carbons (Fsp3) is 0.333. The van der Waals surface area contributed by atoms with Gasteiger partial charge in [-0.05, 0) is 61.6 Å². The van der Waals surface area contributed by atoms with Gasteiger partial charge in [-0.15, -0.1) is 16.4 Å². The minimum absolute atomic E-state index is 0.409. The fourth-order valence-corrected chi connectivity index (χ4v) is 5.11. The molecule has 3 heterocycles. The van der Waals surface area contributed by atoms with Crippen molar-refractivity contribution in [1.29, 1.82) is 0 Å². The van der Waals surface area contributed by atoms with Crippen LogP contribution in [0, 0.1) is 10.9 Å². The van der Waals surface area contributed by atoms with Gasteiger partial charge >= 0.3 is 0 Å². The highest BCUT2D eigenvalue weighted by atomic mass is 32.1. The predicted octanol–water partition coefficient (Wildman–Crippen LogP) is 5.36. The van der Waals surface area contributed by atoms with Crippen molar-refractivity contribution >= 4 is 45.7 Å². The van der Waals surface area contributed by atoms with E-state index in [1.807, 2.05) is 16.0 Å². The van der Waals surface area contributed by atoms with Crippen molar-refractivity contribution in [1.82, 2.24) is 14.7 Å². The molecule has 1 N–H and O–H groups in total. The predicted molar refractivity (Wildman–Crippen MR) is 109 cm³/mol. The van der Waals surface area contributed by atoms with Crippen LogP contribution in [0.3, 0.4) is 0 Å². The van der Waals surface area contributed by atoms with E-state index >= 15 is 0 Å². The third kappa shape index (κ3) is 3.55. The number of aryl methyl sites for hydroxylation is 1. The molecule has 0 fully saturated rings. The van der Waals surface area contributed by atoms with E-state index in [4.69, 9.17) is 12.2 Å². The van der Waals surface area contributed by atoms with Crippen LogP contribution in [-0.4, -0.2) is 21.2 Å². The largest absolute Gasteiger partial charge is 0.330 e. The van der Waals surface area contributed by atoms with E-state index < -0.39 is 0 Å². The minimum Gasteiger partial charge on any atom is -0.330 e. The van der Waals surface area contributed by atoms with Crippen molar-refractivity contribution in [2.75, 3.05) is 11.9 Å². The van der Waals surface area contributed by atoms with Gasteiger partial charge in [0, 0.05) is 23.2 Å². The van der Waals surface area contributed by atoms with Crippen molar-refractivity contribution in [3.8, 4) is 0 Å². The van der Waals surface area contributed by atoms with E-state index in [1.165, 1.54) is 27.3 Å². The van der Waals surface area contributed by atoms with Crippen molar-refractivity contribution in [2.45, 2.75) is 33.0 Å². The highest BCUT2D eigenvalue weighted by molar-refractivity contribution is 7.73. The van der Waals surface area contributed by atoms with Crippen LogP contribution in [0.1, 0.15) is 29.0 Å². The molecule has 4 nitrogen and oxygen atoms in total. The molecule has 1 aromatic carbocycles. The molecule has 0 saturated carbocycles. The summed E-state index contributed by atoms with van der Waals surface area (Å²) in [5.74, 6) is 0. The monoisotopic (exact) mass is 388 g/mol. The normalized spacial score (nSPS) is 17.4. The molecule has 0 unspecified atom stereocenters. The molecule has 25 heavy (non-hydrogen) atoms. The second-order valence-corrected chi connectivity index (χ2v) is 8.97. The molecule has 1 atom stereocenters. The summed E-state index contributed by atoms with van der Waals surface area (Å²) in [5.41, 5.74) is 3.74.